The van der Waals surface area contributed by atoms with Crippen molar-refractivity contribution >= 4 is 5.91 Å². The summed E-state index contributed by atoms with van der Waals surface area (Å²) in [4.78, 5) is 14.1. The fourth-order valence-electron chi connectivity index (χ4n) is 3.60. The standard InChI is InChI=1S/C16H30N2O2/c17-14(12-13-8-4-3-5-9-13)15(19)16(20)18-10-6-1-2-7-11-18/h13-15,19H,1-12,17H2/t14-,15?/m1/s1. The molecule has 0 aromatic rings. The van der Waals surface area contributed by atoms with Crippen LogP contribution in [0.1, 0.15) is 64.2 Å². The van der Waals surface area contributed by atoms with Gasteiger partial charge in [-0.3, -0.25) is 4.79 Å². The Morgan fingerprint density at radius 2 is 1.60 bits per heavy atom. The zero-order chi connectivity index (χ0) is 14.4. The number of carbonyl (C=O) groups excluding carboxylic acids is 1. The summed E-state index contributed by atoms with van der Waals surface area (Å²) >= 11 is 0. The third-order valence-corrected chi connectivity index (χ3v) is 4.91. The van der Waals surface area contributed by atoms with E-state index in [9.17, 15) is 9.90 Å². The van der Waals surface area contributed by atoms with Crippen LogP contribution in [-0.2, 0) is 4.79 Å². The number of nitrogens with two attached hydrogens (primary N) is 1. The zero-order valence-corrected chi connectivity index (χ0v) is 12.6. The molecule has 2 aliphatic rings. The lowest BCUT2D eigenvalue weighted by atomic mass is 9.84. The molecule has 116 valence electrons. The highest BCUT2D eigenvalue weighted by molar-refractivity contribution is 5.81. The largest absolute Gasteiger partial charge is 0.382 e. The number of rotatable bonds is 4. The molecule has 3 N–H and O–H groups in total. The lowest BCUT2D eigenvalue weighted by molar-refractivity contribution is -0.141. The first-order valence-electron chi connectivity index (χ1n) is 8.41. The van der Waals surface area contributed by atoms with Gasteiger partial charge in [0.05, 0.1) is 0 Å². The third-order valence-electron chi connectivity index (χ3n) is 4.91. The Kier molecular flexibility index (Phi) is 6.30. The maximum Gasteiger partial charge on any atom is 0.253 e. The van der Waals surface area contributed by atoms with Crippen molar-refractivity contribution in [3.63, 3.8) is 0 Å². The molecule has 0 aromatic heterocycles. The van der Waals surface area contributed by atoms with Gasteiger partial charge in [0, 0.05) is 19.1 Å². The fraction of sp³-hybridized carbons (Fsp3) is 0.938. The molecular weight excluding hydrogens is 252 g/mol. The number of amides is 1. The van der Waals surface area contributed by atoms with Gasteiger partial charge in [-0.25, -0.2) is 0 Å². The van der Waals surface area contributed by atoms with E-state index in [1.165, 1.54) is 44.9 Å². The van der Waals surface area contributed by atoms with E-state index in [2.05, 4.69) is 0 Å². The zero-order valence-electron chi connectivity index (χ0n) is 12.6. The van der Waals surface area contributed by atoms with Gasteiger partial charge in [0.15, 0.2) is 0 Å². The maximum atomic E-state index is 12.3. The van der Waals surface area contributed by atoms with E-state index in [0.717, 1.165) is 32.4 Å². The summed E-state index contributed by atoms with van der Waals surface area (Å²) in [6, 6.07) is -0.395. The van der Waals surface area contributed by atoms with Gasteiger partial charge in [0.25, 0.3) is 5.91 Å². The Morgan fingerprint density at radius 1 is 1.05 bits per heavy atom. The number of aliphatic hydroxyl groups is 1. The molecule has 0 aromatic carbocycles. The van der Waals surface area contributed by atoms with Gasteiger partial charge in [-0.15, -0.1) is 0 Å². The van der Waals surface area contributed by atoms with E-state index in [-0.39, 0.29) is 5.91 Å². The quantitative estimate of drug-likeness (QED) is 0.829. The van der Waals surface area contributed by atoms with Crippen LogP contribution in [-0.4, -0.2) is 41.1 Å². The predicted molar refractivity (Wildman–Crippen MR) is 80.2 cm³/mol. The number of aliphatic hydroxyl groups excluding tert-OH is 1. The minimum Gasteiger partial charge on any atom is -0.382 e. The average molecular weight is 282 g/mol. The Bertz CT molecular complexity index is 295. The first kappa shape index (κ1) is 15.8. The molecule has 4 nitrogen and oxygen atoms in total. The van der Waals surface area contributed by atoms with Crippen molar-refractivity contribution in [2.45, 2.75) is 76.4 Å². The summed E-state index contributed by atoms with van der Waals surface area (Å²) in [5, 5.41) is 10.2. The van der Waals surface area contributed by atoms with Crippen molar-refractivity contribution in [3.05, 3.63) is 0 Å². The number of nitrogens with zero attached hydrogens (tertiary/aromatic N) is 1. The second-order valence-electron chi connectivity index (χ2n) is 6.59. The molecule has 2 atom stereocenters. The summed E-state index contributed by atoms with van der Waals surface area (Å²) in [6.07, 6.45) is 10.5. The number of hydrogen-bond donors (Lipinski definition) is 2. The molecule has 0 radical (unpaired) electrons. The van der Waals surface area contributed by atoms with E-state index >= 15 is 0 Å². The highest BCUT2D eigenvalue weighted by Crippen LogP contribution is 2.27. The topological polar surface area (TPSA) is 66.6 Å². The highest BCUT2D eigenvalue weighted by Gasteiger charge is 2.29. The van der Waals surface area contributed by atoms with Crippen LogP contribution in [0.5, 0.6) is 0 Å². The van der Waals surface area contributed by atoms with Crippen molar-refractivity contribution in [2.75, 3.05) is 13.1 Å². The Balaban J connectivity index is 1.81. The number of carbonyl (C=O) groups is 1. The number of hydrogen-bond acceptors (Lipinski definition) is 3. The van der Waals surface area contributed by atoms with Crippen molar-refractivity contribution < 1.29 is 9.90 Å². The van der Waals surface area contributed by atoms with Crippen LogP contribution in [0.3, 0.4) is 0 Å². The molecule has 2 fully saturated rings. The molecule has 2 rings (SSSR count). The normalized spacial score (nSPS) is 25.0. The van der Waals surface area contributed by atoms with Crippen LogP contribution in [0.2, 0.25) is 0 Å². The molecule has 20 heavy (non-hydrogen) atoms. The van der Waals surface area contributed by atoms with Crippen molar-refractivity contribution in [1.82, 2.24) is 4.90 Å². The molecule has 1 saturated carbocycles. The maximum absolute atomic E-state index is 12.3. The van der Waals surface area contributed by atoms with Crippen molar-refractivity contribution in [3.8, 4) is 0 Å². The molecule has 4 heteroatoms. The molecule has 1 unspecified atom stereocenters. The minimum atomic E-state index is -1.00. The lowest BCUT2D eigenvalue weighted by Crippen LogP contribution is -2.49. The minimum absolute atomic E-state index is 0.143. The number of likely N-dealkylation sites (tertiary alicyclic amines) is 1. The smallest absolute Gasteiger partial charge is 0.253 e. The van der Waals surface area contributed by atoms with Crippen LogP contribution in [0.4, 0.5) is 0 Å². The SMILES string of the molecule is N[C@H](CC1CCCCC1)C(O)C(=O)N1CCCCCC1. The van der Waals surface area contributed by atoms with Gasteiger partial charge in [0.1, 0.15) is 6.10 Å². The second-order valence-corrected chi connectivity index (χ2v) is 6.59. The molecule has 0 spiro atoms. The van der Waals surface area contributed by atoms with E-state index in [1.54, 1.807) is 0 Å². The molecule has 1 aliphatic heterocycles. The summed E-state index contributed by atoms with van der Waals surface area (Å²) in [5.74, 6) is 0.459. The van der Waals surface area contributed by atoms with Crippen LogP contribution in [0.25, 0.3) is 0 Å². The van der Waals surface area contributed by atoms with E-state index in [1.807, 2.05) is 4.90 Å². The monoisotopic (exact) mass is 282 g/mol. The average Bonchev–Trinajstić information content (AvgIpc) is 2.75. The lowest BCUT2D eigenvalue weighted by Gasteiger charge is -2.29. The molecule has 1 aliphatic carbocycles. The van der Waals surface area contributed by atoms with Gasteiger partial charge in [0.2, 0.25) is 0 Å². The predicted octanol–water partition coefficient (Wildman–Crippen LogP) is 2.05. The van der Waals surface area contributed by atoms with Crippen LogP contribution < -0.4 is 5.73 Å². The van der Waals surface area contributed by atoms with Crippen molar-refractivity contribution in [2.24, 2.45) is 11.7 Å². The van der Waals surface area contributed by atoms with Gasteiger partial charge < -0.3 is 15.7 Å². The van der Waals surface area contributed by atoms with Gasteiger partial charge in [-0.05, 0) is 25.2 Å². The summed E-state index contributed by atoms with van der Waals surface area (Å²) in [5.41, 5.74) is 6.10. The summed E-state index contributed by atoms with van der Waals surface area (Å²) < 4.78 is 0. The Labute approximate surface area is 122 Å². The van der Waals surface area contributed by atoms with Crippen LogP contribution >= 0.6 is 0 Å². The van der Waals surface area contributed by atoms with E-state index < -0.39 is 12.1 Å². The summed E-state index contributed by atoms with van der Waals surface area (Å²) in [6.45, 7) is 1.57. The molecule has 1 amide bonds. The Morgan fingerprint density at radius 3 is 2.20 bits per heavy atom. The Hall–Kier alpha value is -0.610. The van der Waals surface area contributed by atoms with Crippen LogP contribution in [0, 0.1) is 5.92 Å². The van der Waals surface area contributed by atoms with Crippen molar-refractivity contribution in [1.29, 1.82) is 0 Å². The first-order chi connectivity index (χ1) is 9.68. The highest BCUT2D eigenvalue weighted by atomic mass is 16.3. The van der Waals surface area contributed by atoms with E-state index in [0.29, 0.717) is 5.92 Å². The van der Waals surface area contributed by atoms with Gasteiger partial charge in [-0.2, -0.15) is 0 Å². The first-order valence-corrected chi connectivity index (χ1v) is 8.41. The summed E-state index contributed by atoms with van der Waals surface area (Å²) in [7, 11) is 0. The van der Waals surface area contributed by atoms with Gasteiger partial charge in [-0.1, -0.05) is 44.9 Å². The van der Waals surface area contributed by atoms with Crippen LogP contribution in [0.15, 0.2) is 0 Å². The molecule has 1 heterocycles. The van der Waals surface area contributed by atoms with Gasteiger partial charge >= 0.3 is 0 Å². The fourth-order valence-corrected chi connectivity index (χ4v) is 3.60. The molecule has 1 saturated heterocycles. The third kappa shape index (κ3) is 4.45. The molecule has 0 bridgehead atoms. The van der Waals surface area contributed by atoms with E-state index in [4.69, 9.17) is 5.73 Å². The molecular formula is C16H30N2O2. The second kappa shape index (κ2) is 7.99.